The molecule has 0 aliphatic carbocycles. The number of benzene rings is 2. The van der Waals surface area contributed by atoms with Crippen molar-refractivity contribution in [1.82, 2.24) is 0 Å². The molecular formula is C19H22N2O2S. The first kappa shape index (κ1) is 18.1. The van der Waals surface area contributed by atoms with Gasteiger partial charge in [-0.05, 0) is 35.7 Å². The van der Waals surface area contributed by atoms with Gasteiger partial charge in [-0.2, -0.15) is 0 Å². The van der Waals surface area contributed by atoms with E-state index in [1.165, 1.54) is 17.3 Å². The molecule has 0 unspecified atom stereocenters. The highest BCUT2D eigenvalue weighted by atomic mass is 32.2. The largest absolute Gasteiger partial charge is 0.325 e. The summed E-state index contributed by atoms with van der Waals surface area (Å²) in [6, 6.07) is 17.1. The Balaban J connectivity index is 1.70. The van der Waals surface area contributed by atoms with Crippen LogP contribution >= 0.6 is 11.8 Å². The van der Waals surface area contributed by atoms with Crippen LogP contribution in [0.15, 0.2) is 54.6 Å². The second kappa shape index (κ2) is 9.13. The van der Waals surface area contributed by atoms with E-state index >= 15 is 0 Å². The van der Waals surface area contributed by atoms with E-state index in [9.17, 15) is 9.59 Å². The molecule has 0 aliphatic heterocycles. The van der Waals surface area contributed by atoms with Crippen LogP contribution in [0.3, 0.4) is 0 Å². The Kier molecular flexibility index (Phi) is 6.88. The molecule has 2 N–H and O–H groups in total. The van der Waals surface area contributed by atoms with Crippen molar-refractivity contribution in [1.29, 1.82) is 0 Å². The quantitative estimate of drug-likeness (QED) is 0.796. The first-order valence-corrected chi connectivity index (χ1v) is 9.02. The molecule has 0 saturated carbocycles. The van der Waals surface area contributed by atoms with Gasteiger partial charge in [-0.15, -0.1) is 11.8 Å². The van der Waals surface area contributed by atoms with Gasteiger partial charge in [-0.1, -0.05) is 44.2 Å². The number of rotatable bonds is 7. The van der Waals surface area contributed by atoms with Crippen LogP contribution in [0.5, 0.6) is 0 Å². The molecule has 0 saturated heterocycles. The minimum Gasteiger partial charge on any atom is -0.325 e. The van der Waals surface area contributed by atoms with Gasteiger partial charge in [0, 0.05) is 11.4 Å². The average molecular weight is 342 g/mol. The summed E-state index contributed by atoms with van der Waals surface area (Å²) >= 11 is 1.29. The lowest BCUT2D eigenvalue weighted by atomic mass is 10.0. The molecule has 4 nitrogen and oxygen atoms in total. The van der Waals surface area contributed by atoms with Gasteiger partial charge in [0.15, 0.2) is 0 Å². The van der Waals surface area contributed by atoms with E-state index in [0.717, 1.165) is 11.4 Å². The summed E-state index contributed by atoms with van der Waals surface area (Å²) in [5.74, 6) is 0.737. The van der Waals surface area contributed by atoms with E-state index in [0.29, 0.717) is 5.92 Å². The van der Waals surface area contributed by atoms with Crippen molar-refractivity contribution in [3.05, 3.63) is 60.2 Å². The molecule has 2 rings (SSSR count). The molecule has 0 bridgehead atoms. The summed E-state index contributed by atoms with van der Waals surface area (Å²) < 4.78 is 0. The van der Waals surface area contributed by atoms with Crippen molar-refractivity contribution >= 4 is 35.0 Å². The number of thioether (sulfide) groups is 1. The van der Waals surface area contributed by atoms with Gasteiger partial charge in [0.1, 0.15) is 0 Å². The molecule has 0 aliphatic rings. The van der Waals surface area contributed by atoms with Gasteiger partial charge in [0.05, 0.1) is 11.5 Å². The highest BCUT2D eigenvalue weighted by molar-refractivity contribution is 8.00. The van der Waals surface area contributed by atoms with Crippen molar-refractivity contribution in [2.24, 2.45) is 0 Å². The molecule has 5 heteroatoms. The Morgan fingerprint density at radius 1 is 0.833 bits per heavy atom. The first-order valence-electron chi connectivity index (χ1n) is 7.87. The molecular weight excluding hydrogens is 320 g/mol. The van der Waals surface area contributed by atoms with Crippen molar-refractivity contribution in [2.45, 2.75) is 19.8 Å². The number of carbonyl (C=O) groups is 2. The fourth-order valence-electron chi connectivity index (χ4n) is 2.10. The summed E-state index contributed by atoms with van der Waals surface area (Å²) in [4.78, 5) is 23.7. The predicted molar refractivity (Wildman–Crippen MR) is 102 cm³/mol. The third-order valence-corrected chi connectivity index (χ3v) is 4.32. The zero-order valence-electron chi connectivity index (χ0n) is 13.9. The predicted octanol–water partition coefficient (Wildman–Crippen LogP) is 4.12. The summed E-state index contributed by atoms with van der Waals surface area (Å²) in [5.41, 5.74) is 2.77. The second-order valence-electron chi connectivity index (χ2n) is 5.73. The summed E-state index contributed by atoms with van der Waals surface area (Å²) in [6.07, 6.45) is 0. The van der Waals surface area contributed by atoms with Crippen molar-refractivity contribution in [2.75, 3.05) is 22.1 Å². The maximum Gasteiger partial charge on any atom is 0.234 e. The molecule has 0 spiro atoms. The maximum atomic E-state index is 11.9. The monoisotopic (exact) mass is 342 g/mol. The number of anilines is 2. The summed E-state index contributed by atoms with van der Waals surface area (Å²) in [7, 11) is 0. The van der Waals surface area contributed by atoms with Crippen molar-refractivity contribution < 1.29 is 9.59 Å². The minimum atomic E-state index is -0.111. The minimum absolute atomic E-state index is 0.107. The molecule has 0 heterocycles. The van der Waals surface area contributed by atoms with E-state index in [-0.39, 0.29) is 23.3 Å². The van der Waals surface area contributed by atoms with E-state index < -0.39 is 0 Å². The Morgan fingerprint density at radius 2 is 1.33 bits per heavy atom. The highest BCUT2D eigenvalue weighted by Gasteiger charge is 2.07. The Labute approximate surface area is 147 Å². The Morgan fingerprint density at radius 3 is 1.83 bits per heavy atom. The molecule has 2 aromatic carbocycles. The van der Waals surface area contributed by atoms with Gasteiger partial charge in [-0.25, -0.2) is 0 Å². The number of para-hydroxylation sites is 1. The van der Waals surface area contributed by atoms with Crippen molar-refractivity contribution in [3.8, 4) is 0 Å². The van der Waals surface area contributed by atoms with E-state index in [1.54, 1.807) is 0 Å². The van der Waals surface area contributed by atoms with E-state index in [4.69, 9.17) is 0 Å². The van der Waals surface area contributed by atoms with Crippen LogP contribution in [0.25, 0.3) is 0 Å². The van der Waals surface area contributed by atoms with Crippen LogP contribution in [0, 0.1) is 0 Å². The fraction of sp³-hybridized carbons (Fsp3) is 0.263. The SMILES string of the molecule is CC(C)c1ccc(NC(=O)CSCC(=O)Nc2ccccc2)cc1. The Hall–Kier alpha value is -2.27. The molecule has 2 amide bonds. The third kappa shape index (κ3) is 6.08. The number of carbonyl (C=O) groups excluding carboxylic acids is 2. The number of nitrogens with one attached hydrogen (secondary N) is 2. The molecule has 126 valence electrons. The molecule has 0 atom stereocenters. The number of hydrogen-bond acceptors (Lipinski definition) is 3. The maximum absolute atomic E-state index is 11.9. The van der Waals surface area contributed by atoms with Gasteiger partial charge >= 0.3 is 0 Å². The molecule has 0 radical (unpaired) electrons. The Bertz CT molecular complexity index is 670. The normalized spacial score (nSPS) is 10.5. The van der Waals surface area contributed by atoms with Crippen LogP contribution in [0.1, 0.15) is 25.3 Å². The van der Waals surface area contributed by atoms with Crippen LogP contribution < -0.4 is 10.6 Å². The zero-order valence-corrected chi connectivity index (χ0v) is 14.7. The lowest BCUT2D eigenvalue weighted by Gasteiger charge is -2.08. The van der Waals surface area contributed by atoms with Gasteiger partial charge in [0.2, 0.25) is 11.8 Å². The van der Waals surface area contributed by atoms with Gasteiger partial charge in [-0.3, -0.25) is 9.59 Å². The molecule has 24 heavy (non-hydrogen) atoms. The van der Waals surface area contributed by atoms with E-state index in [2.05, 4.69) is 24.5 Å². The van der Waals surface area contributed by atoms with Crippen LogP contribution in [0.4, 0.5) is 11.4 Å². The van der Waals surface area contributed by atoms with Crippen LogP contribution in [-0.2, 0) is 9.59 Å². The number of amides is 2. The summed E-state index contributed by atoms with van der Waals surface area (Å²) in [6.45, 7) is 4.26. The van der Waals surface area contributed by atoms with Gasteiger partial charge < -0.3 is 10.6 Å². The van der Waals surface area contributed by atoms with Crippen LogP contribution in [0.2, 0.25) is 0 Å². The van der Waals surface area contributed by atoms with Crippen molar-refractivity contribution in [3.63, 3.8) is 0 Å². The topological polar surface area (TPSA) is 58.2 Å². The summed E-state index contributed by atoms with van der Waals surface area (Å²) in [5, 5.41) is 5.63. The standard InChI is InChI=1S/C19H22N2O2S/c1-14(2)15-8-10-17(11-9-15)21-19(23)13-24-12-18(22)20-16-6-4-3-5-7-16/h3-11,14H,12-13H2,1-2H3,(H,20,22)(H,21,23). The zero-order chi connectivity index (χ0) is 17.4. The third-order valence-electron chi connectivity index (χ3n) is 3.38. The molecule has 2 aromatic rings. The highest BCUT2D eigenvalue weighted by Crippen LogP contribution is 2.17. The second-order valence-corrected chi connectivity index (χ2v) is 6.72. The van der Waals surface area contributed by atoms with Gasteiger partial charge in [0.25, 0.3) is 0 Å². The lowest BCUT2D eigenvalue weighted by Crippen LogP contribution is -2.18. The lowest BCUT2D eigenvalue weighted by molar-refractivity contribution is -0.114. The smallest absolute Gasteiger partial charge is 0.234 e. The average Bonchev–Trinajstić information content (AvgIpc) is 2.56. The van der Waals surface area contributed by atoms with Crippen LogP contribution in [-0.4, -0.2) is 23.3 Å². The molecule has 0 fully saturated rings. The molecule has 0 aromatic heterocycles. The number of hydrogen-bond donors (Lipinski definition) is 2. The van der Waals surface area contributed by atoms with E-state index in [1.807, 2.05) is 54.6 Å². The first-order chi connectivity index (χ1) is 11.5. The fourth-order valence-corrected chi connectivity index (χ4v) is 2.72.